The van der Waals surface area contributed by atoms with Gasteiger partial charge in [-0.3, -0.25) is 19.2 Å². The Morgan fingerprint density at radius 1 is 1.14 bits per heavy atom. The van der Waals surface area contributed by atoms with Gasteiger partial charge in [-0.2, -0.15) is 5.10 Å². The van der Waals surface area contributed by atoms with E-state index in [1.165, 1.54) is 30.5 Å². The SMILES string of the molecule is C[C@@H](C(=O)Nc1cc2n(n1)CCC2c1cc(F)cc(F)c1)N1CCC(F)(F)[C@@H](c2ccc(=O)[nH]c2)C1. The summed E-state index contributed by atoms with van der Waals surface area (Å²) in [6.07, 6.45) is 1.51. The molecule has 2 aliphatic heterocycles. The molecule has 0 bridgehead atoms. The number of likely N-dealkylation sites (tertiary alicyclic amines) is 1. The Bertz CT molecular complexity index is 1310. The average Bonchev–Trinajstić information content (AvgIpc) is 3.39. The molecule has 3 aromatic rings. The van der Waals surface area contributed by atoms with Crippen LogP contribution in [0.4, 0.5) is 23.4 Å². The van der Waals surface area contributed by atoms with Crippen LogP contribution >= 0.6 is 0 Å². The van der Waals surface area contributed by atoms with Gasteiger partial charge in [-0.25, -0.2) is 17.6 Å². The Balaban J connectivity index is 1.29. The molecule has 1 saturated heterocycles. The van der Waals surface area contributed by atoms with Crippen LogP contribution in [0.1, 0.15) is 48.4 Å². The van der Waals surface area contributed by atoms with E-state index in [9.17, 15) is 27.2 Å². The highest BCUT2D eigenvalue weighted by Crippen LogP contribution is 2.40. The number of pyridine rings is 1. The number of halogens is 4. The molecule has 190 valence electrons. The maximum atomic E-state index is 14.7. The van der Waals surface area contributed by atoms with E-state index in [-0.39, 0.29) is 24.6 Å². The van der Waals surface area contributed by atoms with E-state index in [4.69, 9.17) is 0 Å². The summed E-state index contributed by atoms with van der Waals surface area (Å²) in [5.74, 6) is -5.81. The lowest BCUT2D eigenvalue weighted by molar-refractivity contribution is -0.125. The van der Waals surface area contributed by atoms with E-state index in [1.807, 2.05) is 0 Å². The van der Waals surface area contributed by atoms with Crippen LogP contribution in [0.5, 0.6) is 0 Å². The number of nitrogens with one attached hydrogen (secondary N) is 2. The number of carbonyl (C=O) groups is 1. The Kier molecular flexibility index (Phi) is 6.19. The molecule has 0 aliphatic carbocycles. The van der Waals surface area contributed by atoms with E-state index in [0.717, 1.165) is 11.8 Å². The Labute approximate surface area is 204 Å². The zero-order chi connectivity index (χ0) is 25.6. The van der Waals surface area contributed by atoms with E-state index in [1.54, 1.807) is 22.6 Å². The number of H-pyrrole nitrogens is 1. The van der Waals surface area contributed by atoms with Crippen molar-refractivity contribution in [3.63, 3.8) is 0 Å². The third kappa shape index (κ3) is 4.67. The molecule has 1 unspecified atom stereocenters. The van der Waals surface area contributed by atoms with Crippen molar-refractivity contribution in [2.24, 2.45) is 0 Å². The second kappa shape index (κ2) is 9.20. The molecule has 36 heavy (non-hydrogen) atoms. The number of alkyl halides is 2. The zero-order valence-corrected chi connectivity index (χ0v) is 19.5. The number of aromatic nitrogens is 3. The number of hydrogen-bond donors (Lipinski definition) is 2. The van der Waals surface area contributed by atoms with Crippen molar-refractivity contribution in [1.82, 2.24) is 19.7 Å². The largest absolute Gasteiger partial charge is 0.329 e. The van der Waals surface area contributed by atoms with Crippen LogP contribution in [0.15, 0.2) is 47.4 Å². The summed E-state index contributed by atoms with van der Waals surface area (Å²) in [5.41, 5.74) is 1.17. The van der Waals surface area contributed by atoms with Gasteiger partial charge in [-0.05, 0) is 36.6 Å². The second-order valence-corrected chi connectivity index (χ2v) is 9.43. The summed E-state index contributed by atoms with van der Waals surface area (Å²) in [6, 6.07) is 6.97. The lowest BCUT2D eigenvalue weighted by Gasteiger charge is -2.40. The summed E-state index contributed by atoms with van der Waals surface area (Å²) < 4.78 is 58.5. The minimum Gasteiger partial charge on any atom is -0.329 e. The number of rotatable bonds is 5. The number of piperidine rings is 1. The van der Waals surface area contributed by atoms with Crippen molar-refractivity contribution in [3.8, 4) is 0 Å². The summed E-state index contributed by atoms with van der Waals surface area (Å²) >= 11 is 0. The molecule has 2 aliphatic rings. The van der Waals surface area contributed by atoms with E-state index >= 15 is 0 Å². The summed E-state index contributed by atoms with van der Waals surface area (Å²) in [5, 5.41) is 7.15. The fraction of sp³-hybridized carbons (Fsp3) is 0.400. The molecule has 7 nitrogen and oxygen atoms in total. The van der Waals surface area contributed by atoms with Crippen molar-refractivity contribution < 1.29 is 22.4 Å². The van der Waals surface area contributed by atoms with Gasteiger partial charge in [0.25, 0.3) is 5.92 Å². The number of aryl methyl sites for hydroxylation is 1. The normalized spacial score (nSPS) is 22.2. The first-order valence-corrected chi connectivity index (χ1v) is 11.8. The van der Waals surface area contributed by atoms with Crippen molar-refractivity contribution in [1.29, 1.82) is 0 Å². The van der Waals surface area contributed by atoms with Crippen molar-refractivity contribution in [2.75, 3.05) is 18.4 Å². The quantitative estimate of drug-likeness (QED) is 0.519. The molecule has 2 N–H and O–H groups in total. The van der Waals surface area contributed by atoms with E-state index in [2.05, 4.69) is 15.4 Å². The smallest absolute Gasteiger partial charge is 0.257 e. The molecule has 0 radical (unpaired) electrons. The zero-order valence-electron chi connectivity index (χ0n) is 19.5. The monoisotopic (exact) mass is 503 g/mol. The predicted molar refractivity (Wildman–Crippen MR) is 124 cm³/mol. The van der Waals surface area contributed by atoms with E-state index in [0.29, 0.717) is 29.9 Å². The number of amides is 1. The van der Waals surface area contributed by atoms with Crippen LogP contribution in [0.2, 0.25) is 0 Å². The summed E-state index contributed by atoms with van der Waals surface area (Å²) in [4.78, 5) is 28.4. The molecule has 11 heteroatoms. The third-order valence-corrected chi connectivity index (χ3v) is 7.13. The first-order valence-electron chi connectivity index (χ1n) is 11.8. The maximum absolute atomic E-state index is 14.7. The van der Waals surface area contributed by atoms with Gasteiger partial charge in [0.05, 0.1) is 12.0 Å². The lowest BCUT2D eigenvalue weighted by Crippen LogP contribution is -2.52. The van der Waals surface area contributed by atoms with Gasteiger partial charge in [0, 0.05) is 62.1 Å². The van der Waals surface area contributed by atoms with Gasteiger partial charge >= 0.3 is 0 Å². The predicted octanol–water partition coefficient (Wildman–Crippen LogP) is 3.84. The van der Waals surface area contributed by atoms with Gasteiger partial charge < -0.3 is 10.3 Å². The van der Waals surface area contributed by atoms with Crippen molar-refractivity contribution in [3.05, 3.63) is 81.4 Å². The molecule has 4 heterocycles. The number of hydrogen-bond acceptors (Lipinski definition) is 4. The first kappa shape index (κ1) is 24.2. The van der Waals surface area contributed by atoms with Gasteiger partial charge in [0.15, 0.2) is 5.82 Å². The molecule has 2 aromatic heterocycles. The van der Waals surface area contributed by atoms with Crippen LogP contribution in [0.25, 0.3) is 0 Å². The van der Waals surface area contributed by atoms with Crippen molar-refractivity contribution in [2.45, 2.75) is 50.1 Å². The topological polar surface area (TPSA) is 83.0 Å². The molecule has 0 saturated carbocycles. The molecular weight excluding hydrogens is 478 g/mol. The molecule has 3 atom stereocenters. The van der Waals surface area contributed by atoms with Gasteiger partial charge in [0.1, 0.15) is 11.6 Å². The van der Waals surface area contributed by atoms with Crippen LogP contribution in [0.3, 0.4) is 0 Å². The Morgan fingerprint density at radius 2 is 1.89 bits per heavy atom. The third-order valence-electron chi connectivity index (χ3n) is 7.13. The van der Waals surface area contributed by atoms with Crippen molar-refractivity contribution >= 4 is 11.7 Å². The highest BCUT2D eigenvalue weighted by Gasteiger charge is 2.46. The standard InChI is InChI=1S/C25H25F4N5O2/c1-14(33-7-5-25(28,29)20(13-33)15-2-3-23(35)30-12-15)24(36)31-22-11-21-19(4-6-34(21)32-22)16-8-17(26)10-18(27)9-16/h2-3,8-12,14,19-20H,4-7,13H2,1H3,(H,30,35)(H,31,32,36)/t14-,19?,20+/m0/s1. The Hall–Kier alpha value is -3.47. The summed E-state index contributed by atoms with van der Waals surface area (Å²) in [6.45, 7) is 2.16. The first-order chi connectivity index (χ1) is 17.1. The van der Waals surface area contributed by atoms with Crippen LogP contribution in [-0.4, -0.2) is 50.6 Å². The van der Waals surface area contributed by atoms with Crippen LogP contribution in [0, 0.1) is 11.6 Å². The van der Waals surface area contributed by atoms with Crippen LogP contribution in [-0.2, 0) is 11.3 Å². The molecule has 1 aromatic carbocycles. The van der Waals surface area contributed by atoms with Gasteiger partial charge in [-0.1, -0.05) is 6.07 Å². The molecule has 1 amide bonds. The number of benzene rings is 1. The van der Waals surface area contributed by atoms with Gasteiger partial charge in [-0.15, -0.1) is 0 Å². The molecule has 0 spiro atoms. The maximum Gasteiger partial charge on any atom is 0.257 e. The molecule has 5 rings (SSSR count). The van der Waals surface area contributed by atoms with Crippen LogP contribution < -0.4 is 10.9 Å². The Morgan fingerprint density at radius 3 is 2.58 bits per heavy atom. The molecule has 1 fully saturated rings. The number of nitrogens with zero attached hydrogens (tertiary/aromatic N) is 3. The number of fused-ring (bicyclic) bond motifs is 1. The fourth-order valence-corrected chi connectivity index (χ4v) is 5.13. The van der Waals surface area contributed by atoms with E-state index < -0.39 is 41.8 Å². The minimum atomic E-state index is -2.97. The minimum absolute atomic E-state index is 0.0361. The number of aromatic amines is 1. The highest BCUT2D eigenvalue weighted by molar-refractivity contribution is 5.93. The average molecular weight is 504 g/mol. The van der Waals surface area contributed by atoms with Gasteiger partial charge in [0.2, 0.25) is 11.5 Å². The molecular formula is C25H25F4N5O2. The lowest BCUT2D eigenvalue weighted by atomic mass is 9.87. The number of anilines is 1. The second-order valence-electron chi connectivity index (χ2n) is 9.43. The fourth-order valence-electron chi connectivity index (χ4n) is 5.13. The number of carbonyl (C=O) groups excluding carboxylic acids is 1. The summed E-state index contributed by atoms with van der Waals surface area (Å²) in [7, 11) is 0. The highest BCUT2D eigenvalue weighted by atomic mass is 19.3.